The molecule has 14 nitrogen and oxygen atoms in total. The molecule has 240 valence electrons. The molecule has 0 saturated carbocycles. The smallest absolute Gasteiger partial charge is 0.333 e. The van der Waals surface area contributed by atoms with Crippen LogP contribution < -0.4 is 9.64 Å². The third-order valence-corrected chi connectivity index (χ3v) is 7.22. The lowest BCUT2D eigenvalue weighted by molar-refractivity contribution is -0.384. The largest absolute Gasteiger partial charge is 0.494 e. The summed E-state index contributed by atoms with van der Waals surface area (Å²) in [5, 5.41) is 29.0. The lowest BCUT2D eigenvalue weighted by Crippen LogP contribution is -2.32. The van der Waals surface area contributed by atoms with Crippen molar-refractivity contribution in [2.45, 2.75) is 52.9 Å². The first-order valence-corrected chi connectivity index (χ1v) is 14.8. The number of methoxy groups -OCH3 is 1. The number of nitro benzene ring substituents is 1. The molecule has 1 heterocycles. The van der Waals surface area contributed by atoms with Crippen LogP contribution in [0.4, 0.5) is 34.1 Å². The first-order chi connectivity index (χ1) is 22.1. The van der Waals surface area contributed by atoms with Gasteiger partial charge in [-0.05, 0) is 81.1 Å². The van der Waals surface area contributed by atoms with Crippen molar-refractivity contribution < 1.29 is 28.9 Å². The van der Waals surface area contributed by atoms with Gasteiger partial charge in [0.1, 0.15) is 11.4 Å². The Bertz CT molecular complexity index is 1660. The quantitative estimate of drug-likeness (QED) is 0.0575. The minimum Gasteiger partial charge on any atom is -0.494 e. The fourth-order valence-corrected chi connectivity index (χ4v) is 4.67. The van der Waals surface area contributed by atoms with Gasteiger partial charge in [-0.2, -0.15) is 5.11 Å². The fourth-order valence-electron chi connectivity index (χ4n) is 4.67. The highest BCUT2D eigenvalue weighted by molar-refractivity contribution is 6.01. The average Bonchev–Trinajstić information content (AvgIpc) is 3.36. The van der Waals surface area contributed by atoms with Crippen molar-refractivity contribution in [3.8, 4) is 5.75 Å². The molecule has 0 radical (unpaired) electrons. The van der Waals surface area contributed by atoms with Gasteiger partial charge in [-0.1, -0.05) is 6.07 Å². The van der Waals surface area contributed by atoms with Crippen LogP contribution in [0, 0.1) is 24.0 Å². The van der Waals surface area contributed by atoms with Gasteiger partial charge < -0.3 is 14.5 Å². The molecule has 0 spiro atoms. The highest BCUT2D eigenvalue weighted by atomic mass is 16.7. The standard InChI is InChI=1S/C32H35N7O7/c1-5-37(17-7-6-8-32(42)46-38-30(40)15-16-31(38)41)24-12-10-23(11-13-24)33-36-27-19-22(3)26(20-29(27)45-4)35-34-25-14-9-21(2)18-28(25)39(43)44/h9-14,18-20H,5-8,15-17H2,1-4H3/b35-34+,36-33+. The highest BCUT2D eigenvalue weighted by Gasteiger charge is 2.32. The van der Waals surface area contributed by atoms with Crippen molar-refractivity contribution in [2.24, 2.45) is 20.5 Å². The average molecular weight is 630 g/mol. The molecular weight excluding hydrogens is 594 g/mol. The number of unbranched alkanes of at least 4 members (excludes halogenated alkanes) is 1. The Labute approximate surface area is 265 Å². The lowest BCUT2D eigenvalue weighted by Gasteiger charge is -2.23. The van der Waals surface area contributed by atoms with E-state index >= 15 is 0 Å². The van der Waals surface area contributed by atoms with Crippen LogP contribution in [0.1, 0.15) is 50.2 Å². The van der Waals surface area contributed by atoms with Crippen molar-refractivity contribution in [1.29, 1.82) is 0 Å². The maximum atomic E-state index is 12.0. The van der Waals surface area contributed by atoms with Gasteiger partial charge in [0, 0.05) is 50.2 Å². The number of ether oxygens (including phenoxy) is 1. The predicted octanol–water partition coefficient (Wildman–Crippen LogP) is 7.65. The number of azo groups is 2. The Morgan fingerprint density at radius 1 is 0.913 bits per heavy atom. The number of aryl methyl sites for hydroxylation is 2. The molecule has 2 amide bonds. The third kappa shape index (κ3) is 8.55. The van der Waals surface area contributed by atoms with E-state index in [1.165, 1.54) is 13.2 Å². The molecular formula is C32H35N7O7. The molecule has 3 aromatic rings. The van der Waals surface area contributed by atoms with Crippen molar-refractivity contribution in [1.82, 2.24) is 5.06 Å². The number of anilines is 1. The number of rotatable bonds is 14. The van der Waals surface area contributed by atoms with Crippen LogP contribution in [-0.2, 0) is 19.2 Å². The topological polar surface area (TPSA) is 169 Å². The van der Waals surface area contributed by atoms with E-state index in [1.54, 1.807) is 31.2 Å². The predicted molar refractivity (Wildman–Crippen MR) is 169 cm³/mol. The maximum absolute atomic E-state index is 12.0. The van der Waals surface area contributed by atoms with Crippen LogP contribution in [0.3, 0.4) is 0 Å². The number of hydroxylamine groups is 2. The van der Waals surface area contributed by atoms with E-state index in [0.29, 0.717) is 47.3 Å². The molecule has 14 heteroatoms. The normalized spacial score (nSPS) is 13.2. The third-order valence-electron chi connectivity index (χ3n) is 7.22. The van der Waals surface area contributed by atoms with Crippen molar-refractivity contribution >= 4 is 51.9 Å². The van der Waals surface area contributed by atoms with Crippen molar-refractivity contribution in [3.63, 3.8) is 0 Å². The van der Waals surface area contributed by atoms with Crippen LogP contribution in [0.5, 0.6) is 5.75 Å². The minimum atomic E-state index is -0.597. The first kappa shape index (κ1) is 33.4. The molecule has 1 fully saturated rings. The Hall–Kier alpha value is -5.53. The van der Waals surface area contributed by atoms with Crippen LogP contribution >= 0.6 is 0 Å². The molecule has 1 aliphatic rings. The van der Waals surface area contributed by atoms with Gasteiger partial charge >= 0.3 is 5.97 Å². The van der Waals surface area contributed by atoms with Crippen LogP contribution in [0.15, 0.2) is 75.1 Å². The second-order valence-electron chi connectivity index (χ2n) is 10.6. The van der Waals surface area contributed by atoms with E-state index in [1.807, 2.05) is 38.1 Å². The second-order valence-corrected chi connectivity index (χ2v) is 10.6. The molecule has 4 rings (SSSR count). The van der Waals surface area contributed by atoms with Gasteiger partial charge in [-0.25, -0.2) is 4.79 Å². The maximum Gasteiger partial charge on any atom is 0.333 e. The SMILES string of the molecule is CCN(CCCCC(=O)ON1C(=O)CCC1=O)c1ccc(/N=N/c2cc(C)c(/N=N/c3ccc(C)cc3[N+](=O)[O-])cc2OC)cc1. The zero-order valence-corrected chi connectivity index (χ0v) is 26.1. The van der Waals surface area contributed by atoms with Gasteiger partial charge in [0.2, 0.25) is 0 Å². The molecule has 0 bridgehead atoms. The van der Waals surface area contributed by atoms with Gasteiger partial charge in [0.15, 0.2) is 5.69 Å². The van der Waals surface area contributed by atoms with Gasteiger partial charge in [0.05, 0.1) is 23.4 Å². The molecule has 0 aromatic heterocycles. The summed E-state index contributed by atoms with van der Waals surface area (Å²) in [4.78, 5) is 53.2. The van der Waals surface area contributed by atoms with E-state index in [0.717, 1.165) is 23.4 Å². The number of benzene rings is 3. The van der Waals surface area contributed by atoms with Gasteiger partial charge in [-0.15, -0.1) is 20.4 Å². The Balaban J connectivity index is 1.35. The van der Waals surface area contributed by atoms with Crippen LogP contribution in [0.25, 0.3) is 0 Å². The van der Waals surface area contributed by atoms with E-state index < -0.39 is 22.7 Å². The Morgan fingerprint density at radius 3 is 2.24 bits per heavy atom. The number of amides is 2. The fraction of sp³-hybridized carbons (Fsp3) is 0.344. The van der Waals surface area contributed by atoms with Crippen LogP contribution in [-0.4, -0.2) is 48.0 Å². The summed E-state index contributed by atoms with van der Waals surface area (Å²) in [5.74, 6) is -1.16. The Morgan fingerprint density at radius 2 is 1.59 bits per heavy atom. The lowest BCUT2D eigenvalue weighted by atomic mass is 10.1. The van der Waals surface area contributed by atoms with E-state index in [2.05, 4.69) is 25.4 Å². The number of imide groups is 1. The number of hydrogen-bond acceptors (Lipinski definition) is 12. The summed E-state index contributed by atoms with van der Waals surface area (Å²) in [6.45, 7) is 7.07. The molecule has 0 unspecified atom stereocenters. The monoisotopic (exact) mass is 629 g/mol. The number of carbonyl (C=O) groups excluding carboxylic acids is 3. The molecule has 0 N–H and O–H groups in total. The molecule has 0 aliphatic carbocycles. The summed E-state index contributed by atoms with van der Waals surface area (Å²) < 4.78 is 5.50. The van der Waals surface area contributed by atoms with Gasteiger partial charge in [0.25, 0.3) is 17.5 Å². The van der Waals surface area contributed by atoms with Gasteiger partial charge in [-0.3, -0.25) is 19.7 Å². The molecule has 46 heavy (non-hydrogen) atoms. The minimum absolute atomic E-state index is 0.0684. The Kier molecular flexibility index (Phi) is 11.2. The van der Waals surface area contributed by atoms with Crippen molar-refractivity contribution in [2.75, 3.05) is 25.1 Å². The number of hydrogen-bond donors (Lipinski definition) is 0. The summed E-state index contributed by atoms with van der Waals surface area (Å²) in [7, 11) is 1.50. The second kappa shape index (κ2) is 15.5. The molecule has 1 aliphatic heterocycles. The molecule has 3 aromatic carbocycles. The number of nitrogens with zero attached hydrogens (tertiary/aromatic N) is 7. The van der Waals surface area contributed by atoms with E-state index in [4.69, 9.17) is 9.57 Å². The van der Waals surface area contributed by atoms with Crippen molar-refractivity contribution in [3.05, 3.63) is 75.8 Å². The molecule has 0 atom stereocenters. The van der Waals surface area contributed by atoms with E-state index in [9.17, 15) is 24.5 Å². The molecule has 1 saturated heterocycles. The zero-order valence-electron chi connectivity index (χ0n) is 26.1. The number of carbonyl (C=O) groups is 3. The highest BCUT2D eigenvalue weighted by Crippen LogP contribution is 2.37. The summed E-state index contributed by atoms with van der Waals surface area (Å²) in [6, 6.07) is 15.7. The van der Waals surface area contributed by atoms with Crippen LogP contribution in [0.2, 0.25) is 0 Å². The first-order valence-electron chi connectivity index (χ1n) is 14.8. The number of nitro groups is 1. The summed E-state index contributed by atoms with van der Waals surface area (Å²) >= 11 is 0. The van der Waals surface area contributed by atoms with E-state index in [-0.39, 0.29) is 30.6 Å². The summed E-state index contributed by atoms with van der Waals surface area (Å²) in [5.41, 5.74) is 4.08. The zero-order chi connectivity index (χ0) is 33.2. The summed E-state index contributed by atoms with van der Waals surface area (Å²) in [6.07, 6.45) is 1.50.